The number of nitrogens with zero attached hydrogens (tertiary/aromatic N) is 3. The van der Waals surface area contributed by atoms with E-state index in [-0.39, 0.29) is 22.9 Å². The molecule has 0 bridgehead atoms. The van der Waals surface area contributed by atoms with Gasteiger partial charge >= 0.3 is 0 Å². The minimum absolute atomic E-state index is 0.0149. The molecule has 0 N–H and O–H groups in total. The molecule has 0 unspecified atom stereocenters. The third kappa shape index (κ3) is 3.05. The van der Waals surface area contributed by atoms with Crippen molar-refractivity contribution in [1.29, 1.82) is 0 Å². The largest absolute Gasteiger partial charge is 0.292 e. The second-order valence-electron chi connectivity index (χ2n) is 4.08. The molecule has 0 aliphatic rings. The van der Waals surface area contributed by atoms with Crippen LogP contribution in [0.4, 0.5) is 5.69 Å². The highest BCUT2D eigenvalue weighted by atomic mass is 79.9. The summed E-state index contributed by atoms with van der Waals surface area (Å²) in [7, 11) is 0. The van der Waals surface area contributed by atoms with Gasteiger partial charge in [0, 0.05) is 22.7 Å². The number of nitro groups is 1. The summed E-state index contributed by atoms with van der Waals surface area (Å²) in [6.07, 6.45) is 0. The van der Waals surface area contributed by atoms with Crippen molar-refractivity contribution in [1.82, 2.24) is 9.55 Å². The molecular weight excluding hydrogens is 350 g/mol. The van der Waals surface area contributed by atoms with Crippen LogP contribution in [-0.4, -0.2) is 14.5 Å². The van der Waals surface area contributed by atoms with Gasteiger partial charge in [0.1, 0.15) is 11.0 Å². The number of rotatable bonds is 3. The first kappa shape index (κ1) is 14.7. The van der Waals surface area contributed by atoms with Gasteiger partial charge in [0.2, 0.25) is 0 Å². The first-order chi connectivity index (χ1) is 9.38. The molecule has 8 heteroatoms. The zero-order valence-corrected chi connectivity index (χ0v) is 12.7. The second kappa shape index (κ2) is 5.72. The summed E-state index contributed by atoms with van der Waals surface area (Å²) in [5.41, 5.74) is 0.455. The molecule has 0 spiro atoms. The van der Waals surface area contributed by atoms with Crippen LogP contribution < -0.4 is 5.56 Å². The number of aryl methyl sites for hydroxylation is 1. The van der Waals surface area contributed by atoms with Gasteiger partial charge in [-0.1, -0.05) is 27.5 Å². The lowest BCUT2D eigenvalue weighted by Gasteiger charge is -2.10. The van der Waals surface area contributed by atoms with Crippen LogP contribution in [0.1, 0.15) is 11.4 Å². The SMILES string of the molecule is Cc1nc(Cl)cc(=O)n1Cc1ccc([N+](=O)[O-])cc1Br. The van der Waals surface area contributed by atoms with Gasteiger partial charge in [0.05, 0.1) is 11.5 Å². The van der Waals surface area contributed by atoms with E-state index in [0.29, 0.717) is 10.3 Å². The lowest BCUT2D eigenvalue weighted by molar-refractivity contribution is -0.384. The minimum atomic E-state index is -0.476. The number of aromatic nitrogens is 2. The molecule has 0 saturated heterocycles. The number of halogens is 2. The fourth-order valence-electron chi connectivity index (χ4n) is 1.73. The molecule has 0 aliphatic heterocycles. The van der Waals surface area contributed by atoms with Crippen molar-refractivity contribution in [2.24, 2.45) is 0 Å². The predicted octanol–water partition coefficient (Wildman–Crippen LogP) is 2.92. The van der Waals surface area contributed by atoms with Crippen molar-refractivity contribution in [2.75, 3.05) is 0 Å². The fourth-order valence-corrected chi connectivity index (χ4v) is 2.43. The number of hydrogen-bond acceptors (Lipinski definition) is 4. The monoisotopic (exact) mass is 357 g/mol. The normalized spacial score (nSPS) is 10.6. The van der Waals surface area contributed by atoms with Crippen molar-refractivity contribution in [3.05, 3.63) is 65.7 Å². The zero-order valence-electron chi connectivity index (χ0n) is 10.3. The Labute approximate surface area is 127 Å². The summed E-state index contributed by atoms with van der Waals surface area (Å²) in [5, 5.41) is 10.8. The molecule has 1 heterocycles. The van der Waals surface area contributed by atoms with Crippen LogP contribution in [-0.2, 0) is 6.54 Å². The van der Waals surface area contributed by atoms with Gasteiger partial charge in [-0.3, -0.25) is 19.5 Å². The maximum atomic E-state index is 11.9. The van der Waals surface area contributed by atoms with Crippen molar-refractivity contribution in [3.8, 4) is 0 Å². The predicted molar refractivity (Wildman–Crippen MR) is 78.1 cm³/mol. The molecular formula is C12H9BrClN3O3. The summed E-state index contributed by atoms with van der Waals surface area (Å²) >= 11 is 8.97. The molecule has 20 heavy (non-hydrogen) atoms. The Bertz CT molecular complexity index is 745. The van der Waals surface area contributed by atoms with E-state index in [1.54, 1.807) is 13.0 Å². The van der Waals surface area contributed by atoms with Crippen LogP contribution in [0.15, 0.2) is 33.5 Å². The highest BCUT2D eigenvalue weighted by Gasteiger charge is 2.11. The Morgan fingerprint density at radius 2 is 2.15 bits per heavy atom. The minimum Gasteiger partial charge on any atom is -0.292 e. The van der Waals surface area contributed by atoms with Crippen molar-refractivity contribution < 1.29 is 4.92 Å². The molecule has 1 aromatic heterocycles. The van der Waals surface area contributed by atoms with Gasteiger partial charge in [-0.25, -0.2) is 4.98 Å². The van der Waals surface area contributed by atoms with Crippen molar-refractivity contribution in [3.63, 3.8) is 0 Å². The Balaban J connectivity index is 2.41. The molecule has 2 rings (SSSR count). The number of nitro benzene ring substituents is 1. The van der Waals surface area contributed by atoms with E-state index >= 15 is 0 Å². The standard InChI is InChI=1S/C12H9BrClN3O3/c1-7-15-11(14)5-12(18)16(7)6-8-2-3-9(17(19)20)4-10(8)13/h2-5H,6H2,1H3. The van der Waals surface area contributed by atoms with Crippen LogP contribution >= 0.6 is 27.5 Å². The molecule has 0 fully saturated rings. The van der Waals surface area contributed by atoms with Gasteiger partial charge in [-0.2, -0.15) is 0 Å². The molecule has 2 aromatic rings. The molecule has 104 valence electrons. The topological polar surface area (TPSA) is 78.0 Å². The van der Waals surface area contributed by atoms with Gasteiger partial charge in [-0.15, -0.1) is 0 Å². The molecule has 0 amide bonds. The Kier molecular flexibility index (Phi) is 4.20. The molecule has 0 atom stereocenters. The zero-order chi connectivity index (χ0) is 14.9. The van der Waals surface area contributed by atoms with Gasteiger partial charge in [0.15, 0.2) is 0 Å². The maximum absolute atomic E-state index is 11.9. The van der Waals surface area contributed by atoms with Crippen LogP contribution in [0.5, 0.6) is 0 Å². The van der Waals surface area contributed by atoms with Crippen LogP contribution in [0.25, 0.3) is 0 Å². The Hall–Kier alpha value is -1.73. The van der Waals surface area contributed by atoms with Crippen LogP contribution in [0, 0.1) is 17.0 Å². The van der Waals surface area contributed by atoms with E-state index in [2.05, 4.69) is 20.9 Å². The summed E-state index contributed by atoms with van der Waals surface area (Å²) in [6.45, 7) is 1.93. The van der Waals surface area contributed by atoms with Gasteiger partial charge < -0.3 is 0 Å². The summed E-state index contributed by atoms with van der Waals surface area (Å²) in [5.74, 6) is 0.479. The smallest absolute Gasteiger partial charge is 0.270 e. The first-order valence-corrected chi connectivity index (χ1v) is 6.72. The van der Waals surface area contributed by atoms with E-state index in [0.717, 1.165) is 5.56 Å². The van der Waals surface area contributed by atoms with E-state index in [1.165, 1.54) is 22.8 Å². The number of non-ortho nitro benzene ring substituents is 1. The lowest BCUT2D eigenvalue weighted by Crippen LogP contribution is -2.23. The van der Waals surface area contributed by atoms with Crippen molar-refractivity contribution in [2.45, 2.75) is 13.5 Å². The van der Waals surface area contributed by atoms with E-state index in [4.69, 9.17) is 11.6 Å². The average molecular weight is 359 g/mol. The maximum Gasteiger partial charge on any atom is 0.270 e. The third-order valence-corrected chi connectivity index (χ3v) is 3.68. The fraction of sp³-hybridized carbons (Fsp3) is 0.167. The number of hydrogen-bond donors (Lipinski definition) is 0. The van der Waals surface area contributed by atoms with E-state index in [9.17, 15) is 14.9 Å². The van der Waals surface area contributed by atoms with E-state index in [1.807, 2.05) is 0 Å². The average Bonchev–Trinajstić information content (AvgIpc) is 2.34. The Morgan fingerprint density at radius 3 is 2.70 bits per heavy atom. The first-order valence-electron chi connectivity index (χ1n) is 5.55. The summed E-state index contributed by atoms with van der Waals surface area (Å²) in [6, 6.07) is 5.62. The summed E-state index contributed by atoms with van der Waals surface area (Å²) < 4.78 is 2.01. The van der Waals surface area contributed by atoms with Gasteiger partial charge in [-0.05, 0) is 18.6 Å². The van der Waals surface area contributed by atoms with Crippen LogP contribution in [0.2, 0.25) is 5.15 Å². The third-order valence-electron chi connectivity index (χ3n) is 2.74. The van der Waals surface area contributed by atoms with Gasteiger partial charge in [0.25, 0.3) is 11.2 Å². The van der Waals surface area contributed by atoms with Crippen LogP contribution in [0.3, 0.4) is 0 Å². The van der Waals surface area contributed by atoms with Crippen molar-refractivity contribution >= 4 is 33.2 Å². The highest BCUT2D eigenvalue weighted by molar-refractivity contribution is 9.10. The van der Waals surface area contributed by atoms with E-state index < -0.39 is 4.92 Å². The number of benzene rings is 1. The lowest BCUT2D eigenvalue weighted by atomic mass is 10.2. The molecule has 1 aromatic carbocycles. The quantitative estimate of drug-likeness (QED) is 0.480. The molecule has 0 aliphatic carbocycles. The molecule has 0 saturated carbocycles. The molecule has 0 radical (unpaired) electrons. The Morgan fingerprint density at radius 1 is 1.45 bits per heavy atom. The second-order valence-corrected chi connectivity index (χ2v) is 5.32. The summed E-state index contributed by atoms with van der Waals surface area (Å²) in [4.78, 5) is 26.1. The molecule has 6 nitrogen and oxygen atoms in total. The highest BCUT2D eigenvalue weighted by Crippen LogP contribution is 2.23.